The van der Waals surface area contributed by atoms with Crippen molar-refractivity contribution in [2.45, 2.75) is 6.04 Å². The van der Waals surface area contributed by atoms with Crippen molar-refractivity contribution in [2.24, 2.45) is 0 Å². The van der Waals surface area contributed by atoms with E-state index >= 15 is 0 Å². The van der Waals surface area contributed by atoms with Gasteiger partial charge in [0.1, 0.15) is 11.6 Å². The Balaban J connectivity index is 0.00000180. The average molecular weight is 309 g/mol. The summed E-state index contributed by atoms with van der Waals surface area (Å²) in [6, 6.07) is 1.82. The Morgan fingerprint density at radius 1 is 1.26 bits per heavy atom. The summed E-state index contributed by atoms with van der Waals surface area (Å²) in [5, 5.41) is 3.27. The van der Waals surface area contributed by atoms with Crippen molar-refractivity contribution in [3.05, 3.63) is 47.0 Å². The summed E-state index contributed by atoms with van der Waals surface area (Å²) >= 11 is 5.63. The van der Waals surface area contributed by atoms with Crippen molar-refractivity contribution in [2.75, 3.05) is 26.2 Å². The molecule has 0 bridgehead atoms. The first-order valence-electron chi connectivity index (χ1n) is 5.85. The van der Waals surface area contributed by atoms with Crippen molar-refractivity contribution in [1.82, 2.24) is 10.2 Å². The van der Waals surface area contributed by atoms with Gasteiger partial charge in [0, 0.05) is 36.8 Å². The fourth-order valence-corrected chi connectivity index (χ4v) is 2.44. The van der Waals surface area contributed by atoms with E-state index in [4.69, 9.17) is 11.6 Å². The van der Waals surface area contributed by atoms with Crippen LogP contribution in [0, 0.1) is 11.6 Å². The van der Waals surface area contributed by atoms with Gasteiger partial charge in [0.15, 0.2) is 0 Å². The zero-order chi connectivity index (χ0) is 13.1. The lowest BCUT2D eigenvalue weighted by Crippen LogP contribution is -2.45. The Morgan fingerprint density at radius 3 is 2.26 bits per heavy atom. The van der Waals surface area contributed by atoms with Gasteiger partial charge >= 0.3 is 0 Å². The third-order valence-corrected chi connectivity index (χ3v) is 3.33. The fourth-order valence-electron chi connectivity index (χ4n) is 2.25. The van der Waals surface area contributed by atoms with Crippen LogP contribution in [-0.4, -0.2) is 31.1 Å². The molecule has 6 heteroatoms. The molecule has 1 aromatic carbocycles. The smallest absolute Gasteiger partial charge is 0.132 e. The lowest BCUT2D eigenvalue weighted by Gasteiger charge is -2.33. The number of hydrogen-bond acceptors (Lipinski definition) is 2. The Morgan fingerprint density at radius 2 is 1.79 bits per heavy atom. The quantitative estimate of drug-likeness (QED) is 0.863. The lowest BCUT2D eigenvalue weighted by atomic mass is 10.0. The van der Waals surface area contributed by atoms with Crippen LogP contribution in [0.4, 0.5) is 8.78 Å². The number of rotatable bonds is 3. The fraction of sp³-hybridized carbons (Fsp3) is 0.385. The maximum atomic E-state index is 13.9. The summed E-state index contributed by atoms with van der Waals surface area (Å²) in [7, 11) is 0. The molecule has 106 valence electrons. The third kappa shape index (κ3) is 3.66. The first-order chi connectivity index (χ1) is 8.63. The summed E-state index contributed by atoms with van der Waals surface area (Å²) < 4.78 is 27.8. The van der Waals surface area contributed by atoms with Gasteiger partial charge in [-0.3, -0.25) is 4.90 Å². The largest absolute Gasteiger partial charge is 0.314 e. The molecule has 0 saturated carbocycles. The lowest BCUT2D eigenvalue weighted by molar-refractivity contribution is 0.197. The highest BCUT2D eigenvalue weighted by Gasteiger charge is 2.25. The van der Waals surface area contributed by atoms with Crippen LogP contribution >= 0.6 is 24.0 Å². The number of nitrogens with one attached hydrogen (secondary N) is 1. The number of halogens is 4. The van der Waals surface area contributed by atoms with Crippen molar-refractivity contribution >= 4 is 24.0 Å². The minimum atomic E-state index is -0.622. The first-order valence-corrected chi connectivity index (χ1v) is 6.23. The van der Waals surface area contributed by atoms with E-state index in [1.165, 1.54) is 0 Å². The van der Waals surface area contributed by atoms with Crippen LogP contribution in [0.1, 0.15) is 11.6 Å². The van der Waals surface area contributed by atoms with Crippen LogP contribution in [0.15, 0.2) is 24.8 Å². The molecule has 19 heavy (non-hydrogen) atoms. The van der Waals surface area contributed by atoms with Gasteiger partial charge < -0.3 is 5.32 Å². The molecular weight excluding hydrogens is 293 g/mol. The molecule has 0 radical (unpaired) electrons. The van der Waals surface area contributed by atoms with Crippen LogP contribution in [0.5, 0.6) is 0 Å². The average Bonchev–Trinajstić information content (AvgIpc) is 2.34. The van der Waals surface area contributed by atoms with Gasteiger partial charge in [-0.25, -0.2) is 8.78 Å². The molecule has 2 rings (SSSR count). The minimum Gasteiger partial charge on any atom is -0.314 e. The summed E-state index contributed by atoms with van der Waals surface area (Å²) in [5.74, 6) is -1.24. The van der Waals surface area contributed by atoms with Gasteiger partial charge in [-0.2, -0.15) is 0 Å². The monoisotopic (exact) mass is 308 g/mol. The highest BCUT2D eigenvalue weighted by atomic mass is 35.5. The van der Waals surface area contributed by atoms with Gasteiger partial charge in [0.25, 0.3) is 0 Å². The van der Waals surface area contributed by atoms with Crippen LogP contribution in [-0.2, 0) is 0 Å². The number of hydrogen-bond donors (Lipinski definition) is 1. The number of benzene rings is 1. The second-order valence-electron chi connectivity index (χ2n) is 4.25. The molecule has 0 unspecified atom stereocenters. The van der Waals surface area contributed by atoms with Crippen LogP contribution < -0.4 is 5.32 Å². The topological polar surface area (TPSA) is 15.3 Å². The predicted molar refractivity (Wildman–Crippen MR) is 76.0 cm³/mol. The molecule has 1 N–H and O–H groups in total. The van der Waals surface area contributed by atoms with Gasteiger partial charge in [-0.05, 0) is 12.1 Å². The maximum absolute atomic E-state index is 13.9. The highest BCUT2D eigenvalue weighted by molar-refractivity contribution is 6.30. The molecule has 1 aliphatic heterocycles. The minimum absolute atomic E-state index is 0. The Kier molecular flexibility index (Phi) is 6.20. The molecule has 0 aromatic heterocycles. The van der Waals surface area contributed by atoms with E-state index < -0.39 is 17.7 Å². The molecule has 1 aliphatic rings. The van der Waals surface area contributed by atoms with Gasteiger partial charge in [-0.15, -0.1) is 19.0 Å². The van der Waals surface area contributed by atoms with Crippen LogP contribution in [0.25, 0.3) is 0 Å². The third-order valence-electron chi connectivity index (χ3n) is 3.11. The summed E-state index contributed by atoms with van der Waals surface area (Å²) in [6.45, 7) is 6.77. The van der Waals surface area contributed by atoms with E-state index in [0.717, 1.165) is 38.3 Å². The molecule has 1 aromatic rings. The second kappa shape index (κ2) is 7.20. The van der Waals surface area contributed by atoms with Crippen molar-refractivity contribution in [1.29, 1.82) is 0 Å². The summed E-state index contributed by atoms with van der Waals surface area (Å²) in [6.07, 6.45) is 1.57. The first kappa shape index (κ1) is 16.4. The molecule has 0 aliphatic carbocycles. The summed E-state index contributed by atoms with van der Waals surface area (Å²) in [4.78, 5) is 2.00. The van der Waals surface area contributed by atoms with Crippen LogP contribution in [0.2, 0.25) is 5.02 Å². The molecule has 1 saturated heterocycles. The number of nitrogens with zero attached hydrogens (tertiary/aromatic N) is 1. The second-order valence-corrected chi connectivity index (χ2v) is 4.69. The van der Waals surface area contributed by atoms with E-state index in [0.29, 0.717) is 0 Å². The SMILES string of the molecule is C=C[C@H](c1c(F)cc(Cl)cc1F)N1CCNCC1.Cl. The van der Waals surface area contributed by atoms with Gasteiger partial charge in [0.05, 0.1) is 6.04 Å². The van der Waals surface area contributed by atoms with Crippen molar-refractivity contribution < 1.29 is 8.78 Å². The standard InChI is InChI=1S/C13H15ClF2N2.ClH/c1-2-12(18-5-3-17-4-6-18)13-10(15)7-9(14)8-11(13)16;/h2,7-8,12,17H,1,3-6H2;1H/t12-;/m1./s1. The zero-order valence-corrected chi connectivity index (χ0v) is 11.9. The molecular formula is C13H16Cl2F2N2. The maximum Gasteiger partial charge on any atom is 0.132 e. The van der Waals surface area contributed by atoms with E-state index in [1.54, 1.807) is 6.08 Å². The van der Waals surface area contributed by atoms with E-state index in [9.17, 15) is 8.78 Å². The molecule has 1 atom stereocenters. The zero-order valence-electron chi connectivity index (χ0n) is 10.3. The molecule has 0 spiro atoms. The molecule has 2 nitrogen and oxygen atoms in total. The van der Waals surface area contributed by atoms with Crippen LogP contribution in [0.3, 0.4) is 0 Å². The van der Waals surface area contributed by atoms with Crippen molar-refractivity contribution in [3.8, 4) is 0 Å². The van der Waals surface area contributed by atoms with E-state index in [-0.39, 0.29) is 23.0 Å². The predicted octanol–water partition coefficient (Wildman–Crippen LogP) is 3.17. The summed E-state index contributed by atoms with van der Waals surface area (Å²) in [5.41, 5.74) is 0.0244. The van der Waals surface area contributed by atoms with Gasteiger partial charge in [-0.1, -0.05) is 17.7 Å². The highest BCUT2D eigenvalue weighted by Crippen LogP contribution is 2.29. The Hall–Kier alpha value is -0.680. The Bertz CT molecular complexity index is 425. The van der Waals surface area contributed by atoms with Crippen molar-refractivity contribution in [3.63, 3.8) is 0 Å². The number of piperazine rings is 1. The van der Waals surface area contributed by atoms with E-state index in [2.05, 4.69) is 11.9 Å². The normalized spacial score (nSPS) is 17.6. The van der Waals surface area contributed by atoms with E-state index in [1.807, 2.05) is 4.90 Å². The molecule has 1 fully saturated rings. The Labute approximate surface area is 122 Å². The molecule has 0 amide bonds. The van der Waals surface area contributed by atoms with Gasteiger partial charge in [0.2, 0.25) is 0 Å². The molecule has 1 heterocycles.